The second kappa shape index (κ2) is 5.60. The molecule has 1 rings (SSSR count). The topological polar surface area (TPSA) is 29.1 Å². The average Bonchev–Trinajstić information content (AvgIpc) is 2.19. The highest BCUT2D eigenvalue weighted by atomic mass is 79.9. The third kappa shape index (κ3) is 3.34. The molecule has 0 atom stereocenters. The quantitative estimate of drug-likeness (QED) is 0.825. The smallest absolute Gasteiger partial charge is 0.251 e. The van der Waals surface area contributed by atoms with Crippen molar-refractivity contribution in [2.24, 2.45) is 0 Å². The SMILES string of the molecule is C/C=C/CNC(=O)c1ccc(Br)cc1. The van der Waals surface area contributed by atoms with Gasteiger partial charge in [0.1, 0.15) is 0 Å². The molecule has 74 valence electrons. The van der Waals surface area contributed by atoms with Crippen LogP contribution in [0.5, 0.6) is 0 Å². The molecule has 1 aromatic rings. The largest absolute Gasteiger partial charge is 0.349 e. The second-order valence-corrected chi connectivity index (χ2v) is 3.70. The molecule has 0 unspecified atom stereocenters. The van der Waals surface area contributed by atoms with Crippen molar-refractivity contribution in [3.05, 3.63) is 46.5 Å². The molecule has 2 nitrogen and oxygen atoms in total. The van der Waals surface area contributed by atoms with E-state index >= 15 is 0 Å². The first kappa shape index (κ1) is 11.0. The summed E-state index contributed by atoms with van der Waals surface area (Å²) in [7, 11) is 0. The van der Waals surface area contributed by atoms with Crippen molar-refractivity contribution in [3.63, 3.8) is 0 Å². The van der Waals surface area contributed by atoms with Crippen molar-refractivity contribution in [3.8, 4) is 0 Å². The molecule has 0 radical (unpaired) electrons. The van der Waals surface area contributed by atoms with E-state index in [0.29, 0.717) is 12.1 Å². The molecule has 1 aromatic carbocycles. The van der Waals surface area contributed by atoms with Crippen LogP contribution in [-0.4, -0.2) is 12.5 Å². The summed E-state index contributed by atoms with van der Waals surface area (Å²) < 4.78 is 0.975. The molecule has 0 aromatic heterocycles. The normalized spacial score (nSPS) is 10.4. The van der Waals surface area contributed by atoms with Crippen LogP contribution in [0.1, 0.15) is 17.3 Å². The Kier molecular flexibility index (Phi) is 4.40. The van der Waals surface area contributed by atoms with Crippen molar-refractivity contribution in [1.29, 1.82) is 0 Å². The Morgan fingerprint density at radius 1 is 1.43 bits per heavy atom. The van der Waals surface area contributed by atoms with E-state index in [2.05, 4.69) is 21.2 Å². The zero-order valence-corrected chi connectivity index (χ0v) is 9.54. The van der Waals surface area contributed by atoms with E-state index in [0.717, 1.165) is 4.47 Å². The minimum Gasteiger partial charge on any atom is -0.349 e. The highest BCUT2D eigenvalue weighted by molar-refractivity contribution is 9.10. The molecule has 0 spiro atoms. The molecule has 0 bridgehead atoms. The van der Waals surface area contributed by atoms with Gasteiger partial charge in [-0.25, -0.2) is 0 Å². The minimum atomic E-state index is -0.0457. The fourth-order valence-corrected chi connectivity index (χ4v) is 1.24. The highest BCUT2D eigenvalue weighted by Gasteiger charge is 2.02. The van der Waals surface area contributed by atoms with Gasteiger partial charge in [-0.2, -0.15) is 0 Å². The maximum atomic E-state index is 11.5. The lowest BCUT2D eigenvalue weighted by Crippen LogP contribution is -2.23. The fraction of sp³-hybridized carbons (Fsp3) is 0.182. The lowest BCUT2D eigenvalue weighted by atomic mass is 10.2. The number of hydrogen-bond donors (Lipinski definition) is 1. The first-order valence-electron chi connectivity index (χ1n) is 4.39. The van der Waals surface area contributed by atoms with Gasteiger partial charge >= 0.3 is 0 Å². The van der Waals surface area contributed by atoms with Crippen LogP contribution in [-0.2, 0) is 0 Å². The van der Waals surface area contributed by atoms with Crippen LogP contribution in [0.4, 0.5) is 0 Å². The highest BCUT2D eigenvalue weighted by Crippen LogP contribution is 2.10. The molecule has 0 aliphatic carbocycles. The van der Waals surface area contributed by atoms with E-state index in [1.165, 1.54) is 0 Å². The summed E-state index contributed by atoms with van der Waals surface area (Å²) in [6.45, 7) is 2.50. The number of benzene rings is 1. The summed E-state index contributed by atoms with van der Waals surface area (Å²) in [5.74, 6) is -0.0457. The molecule has 0 heterocycles. The molecule has 0 saturated carbocycles. The first-order valence-corrected chi connectivity index (χ1v) is 5.18. The van der Waals surface area contributed by atoms with E-state index in [-0.39, 0.29) is 5.91 Å². The van der Waals surface area contributed by atoms with E-state index < -0.39 is 0 Å². The van der Waals surface area contributed by atoms with Gasteiger partial charge < -0.3 is 5.32 Å². The van der Waals surface area contributed by atoms with Gasteiger partial charge in [-0.05, 0) is 31.2 Å². The second-order valence-electron chi connectivity index (χ2n) is 2.79. The van der Waals surface area contributed by atoms with Gasteiger partial charge in [0.15, 0.2) is 0 Å². The third-order valence-electron chi connectivity index (χ3n) is 1.72. The zero-order valence-electron chi connectivity index (χ0n) is 7.96. The van der Waals surface area contributed by atoms with Crippen LogP contribution in [0.25, 0.3) is 0 Å². The van der Waals surface area contributed by atoms with Gasteiger partial charge in [-0.1, -0.05) is 28.1 Å². The number of amides is 1. The summed E-state index contributed by atoms with van der Waals surface area (Å²) in [5, 5.41) is 2.78. The Morgan fingerprint density at radius 2 is 2.07 bits per heavy atom. The molecule has 14 heavy (non-hydrogen) atoms. The predicted octanol–water partition coefficient (Wildman–Crippen LogP) is 2.76. The zero-order chi connectivity index (χ0) is 10.4. The Hall–Kier alpha value is -1.09. The standard InChI is InChI=1S/C11H12BrNO/c1-2-3-8-13-11(14)9-4-6-10(12)7-5-9/h2-7H,8H2,1H3,(H,13,14)/b3-2+. The minimum absolute atomic E-state index is 0.0457. The van der Waals surface area contributed by atoms with E-state index in [4.69, 9.17) is 0 Å². The van der Waals surface area contributed by atoms with Crippen molar-refractivity contribution in [2.45, 2.75) is 6.92 Å². The molecule has 0 fully saturated rings. The number of hydrogen-bond acceptors (Lipinski definition) is 1. The lowest BCUT2D eigenvalue weighted by molar-refractivity contribution is 0.0958. The van der Waals surface area contributed by atoms with Crippen LogP contribution < -0.4 is 5.32 Å². The van der Waals surface area contributed by atoms with Gasteiger partial charge in [-0.15, -0.1) is 0 Å². The lowest BCUT2D eigenvalue weighted by Gasteiger charge is -2.01. The summed E-state index contributed by atoms with van der Waals surface area (Å²) in [6.07, 6.45) is 3.80. The molecule has 0 aliphatic heterocycles. The molecule has 1 amide bonds. The van der Waals surface area contributed by atoms with E-state index in [9.17, 15) is 4.79 Å². The van der Waals surface area contributed by atoms with Crippen LogP contribution >= 0.6 is 15.9 Å². The monoisotopic (exact) mass is 253 g/mol. The molecule has 3 heteroatoms. The van der Waals surface area contributed by atoms with E-state index in [1.807, 2.05) is 31.2 Å². The van der Waals surface area contributed by atoms with Crippen molar-refractivity contribution < 1.29 is 4.79 Å². The summed E-state index contributed by atoms with van der Waals surface area (Å²) in [6, 6.07) is 7.28. The molecular formula is C11H12BrNO. The molecular weight excluding hydrogens is 242 g/mol. The number of halogens is 1. The fourth-order valence-electron chi connectivity index (χ4n) is 0.973. The first-order chi connectivity index (χ1) is 6.74. The van der Waals surface area contributed by atoms with Gasteiger partial charge in [-0.3, -0.25) is 4.79 Å². The van der Waals surface area contributed by atoms with Gasteiger partial charge in [0.05, 0.1) is 0 Å². The number of carbonyl (C=O) groups excluding carboxylic acids is 1. The summed E-state index contributed by atoms with van der Waals surface area (Å²) in [4.78, 5) is 11.5. The van der Waals surface area contributed by atoms with Gasteiger partial charge in [0.25, 0.3) is 5.91 Å². The van der Waals surface area contributed by atoms with E-state index in [1.54, 1.807) is 12.1 Å². The Labute approximate surface area is 92.1 Å². The molecule has 0 saturated heterocycles. The van der Waals surface area contributed by atoms with Crippen LogP contribution in [0.2, 0.25) is 0 Å². The van der Waals surface area contributed by atoms with Gasteiger partial charge in [0, 0.05) is 16.6 Å². The molecule has 0 aliphatic rings. The summed E-state index contributed by atoms with van der Waals surface area (Å²) >= 11 is 3.32. The van der Waals surface area contributed by atoms with Crippen molar-refractivity contribution >= 4 is 21.8 Å². The number of rotatable bonds is 3. The van der Waals surface area contributed by atoms with Crippen LogP contribution in [0, 0.1) is 0 Å². The Bertz CT molecular complexity index is 330. The Morgan fingerprint density at radius 3 is 2.64 bits per heavy atom. The van der Waals surface area contributed by atoms with Crippen LogP contribution in [0.3, 0.4) is 0 Å². The predicted molar refractivity (Wildman–Crippen MR) is 61.3 cm³/mol. The number of allylic oxidation sites excluding steroid dienone is 1. The Balaban J connectivity index is 2.56. The van der Waals surface area contributed by atoms with Crippen molar-refractivity contribution in [2.75, 3.05) is 6.54 Å². The maximum Gasteiger partial charge on any atom is 0.251 e. The number of carbonyl (C=O) groups is 1. The van der Waals surface area contributed by atoms with Crippen molar-refractivity contribution in [1.82, 2.24) is 5.32 Å². The van der Waals surface area contributed by atoms with Gasteiger partial charge in [0.2, 0.25) is 0 Å². The maximum absolute atomic E-state index is 11.5. The third-order valence-corrected chi connectivity index (χ3v) is 2.25. The summed E-state index contributed by atoms with van der Waals surface area (Å²) in [5.41, 5.74) is 0.678. The average molecular weight is 254 g/mol. The molecule has 1 N–H and O–H groups in total. The van der Waals surface area contributed by atoms with Crippen LogP contribution in [0.15, 0.2) is 40.9 Å². The number of nitrogens with one attached hydrogen (secondary N) is 1.